The van der Waals surface area contributed by atoms with Gasteiger partial charge in [0, 0.05) is 12.0 Å². The SMILES string of the molecule is CCCC1CCC2C(CCC3(C)C(C(=O)CN(N)c4cc(F)ccc4N)CCC23)C1CCC. The summed E-state index contributed by atoms with van der Waals surface area (Å²) in [6.07, 6.45) is 12.6. The maximum absolute atomic E-state index is 13.7. The van der Waals surface area contributed by atoms with Crippen LogP contribution in [0.1, 0.15) is 85.0 Å². The number of hydrogen-bond acceptors (Lipinski definition) is 4. The lowest BCUT2D eigenvalue weighted by molar-refractivity contribution is -0.128. The van der Waals surface area contributed by atoms with E-state index >= 15 is 0 Å². The van der Waals surface area contributed by atoms with E-state index in [1.165, 1.54) is 68.2 Å². The number of Topliss-reactive ketones (excluding diaryl/α,β-unsaturated/α-hetero) is 1. The van der Waals surface area contributed by atoms with Gasteiger partial charge in [0.05, 0.1) is 17.9 Å². The van der Waals surface area contributed by atoms with Crippen LogP contribution in [-0.4, -0.2) is 12.3 Å². The van der Waals surface area contributed by atoms with E-state index < -0.39 is 5.82 Å². The number of ketones is 1. The van der Waals surface area contributed by atoms with Crippen molar-refractivity contribution in [3.63, 3.8) is 0 Å². The first kappa shape index (κ1) is 24.5. The van der Waals surface area contributed by atoms with Crippen LogP contribution in [0.4, 0.5) is 15.8 Å². The number of nitrogens with zero attached hydrogens (tertiary/aromatic N) is 1. The molecule has 3 aliphatic rings. The molecule has 4 N–H and O–H groups in total. The molecule has 0 bridgehead atoms. The number of carbonyl (C=O) groups excluding carboxylic acids is 1. The number of hydrogen-bond donors (Lipinski definition) is 2. The van der Waals surface area contributed by atoms with E-state index in [1.54, 1.807) is 0 Å². The van der Waals surface area contributed by atoms with Gasteiger partial charge in [0.2, 0.25) is 0 Å². The molecule has 0 amide bonds. The molecule has 7 atom stereocenters. The molecule has 33 heavy (non-hydrogen) atoms. The van der Waals surface area contributed by atoms with Crippen LogP contribution < -0.4 is 16.6 Å². The standard InChI is InChI=1S/C28H44FN3O/c1-4-6-18-8-10-22-21(20(18)7-5-2)14-15-28(3)23(22)11-12-24(28)27(33)17-32(31)26-16-19(29)9-13-25(26)30/h9,13,16,18,20-24H,4-8,10-12,14-15,17,30-31H2,1-3H3. The van der Waals surface area contributed by atoms with Crippen LogP contribution in [0.3, 0.4) is 0 Å². The van der Waals surface area contributed by atoms with Crippen LogP contribution in [0.5, 0.6) is 0 Å². The fraction of sp³-hybridized carbons (Fsp3) is 0.750. The van der Waals surface area contributed by atoms with Gasteiger partial charge in [-0.25, -0.2) is 10.2 Å². The Labute approximate surface area is 199 Å². The van der Waals surface area contributed by atoms with Crippen LogP contribution in [0.15, 0.2) is 18.2 Å². The van der Waals surface area contributed by atoms with E-state index in [-0.39, 0.29) is 23.7 Å². The Kier molecular flexibility index (Phi) is 7.38. The zero-order chi connectivity index (χ0) is 23.8. The number of benzene rings is 1. The molecular weight excluding hydrogens is 413 g/mol. The second-order valence-electron chi connectivity index (χ2n) is 11.5. The van der Waals surface area contributed by atoms with Crippen LogP contribution in [0.2, 0.25) is 0 Å². The molecule has 5 heteroatoms. The fourth-order valence-corrected chi connectivity index (χ4v) is 8.40. The van der Waals surface area contributed by atoms with Gasteiger partial charge < -0.3 is 10.7 Å². The van der Waals surface area contributed by atoms with E-state index in [1.807, 2.05) is 0 Å². The van der Waals surface area contributed by atoms with Gasteiger partial charge in [0.25, 0.3) is 0 Å². The molecule has 4 nitrogen and oxygen atoms in total. The summed E-state index contributed by atoms with van der Waals surface area (Å²) in [6.45, 7) is 7.14. The summed E-state index contributed by atoms with van der Waals surface area (Å²) in [5, 5.41) is 1.34. The third kappa shape index (κ3) is 4.54. The largest absolute Gasteiger partial charge is 0.397 e. The van der Waals surface area contributed by atoms with Gasteiger partial charge >= 0.3 is 0 Å². The topological polar surface area (TPSA) is 72.3 Å². The minimum absolute atomic E-state index is 0.0438. The number of nitrogen functional groups attached to an aromatic ring is 1. The molecule has 0 heterocycles. The quantitative estimate of drug-likeness (QED) is 0.271. The Morgan fingerprint density at radius 2 is 1.85 bits per heavy atom. The Hall–Kier alpha value is -1.62. The number of fused-ring (bicyclic) bond motifs is 3. The number of hydrazine groups is 1. The predicted molar refractivity (Wildman–Crippen MR) is 134 cm³/mol. The molecule has 3 aliphatic carbocycles. The van der Waals surface area contributed by atoms with Crippen molar-refractivity contribution in [1.82, 2.24) is 0 Å². The minimum atomic E-state index is -0.395. The molecule has 0 aromatic heterocycles. The van der Waals surface area contributed by atoms with Crippen molar-refractivity contribution < 1.29 is 9.18 Å². The molecular formula is C28H44FN3O. The van der Waals surface area contributed by atoms with Crippen molar-refractivity contribution in [3.05, 3.63) is 24.0 Å². The van der Waals surface area contributed by atoms with Crippen molar-refractivity contribution in [2.75, 3.05) is 17.3 Å². The van der Waals surface area contributed by atoms with Gasteiger partial charge in [0.1, 0.15) is 5.82 Å². The summed E-state index contributed by atoms with van der Waals surface area (Å²) in [7, 11) is 0. The second kappa shape index (κ2) is 9.93. The smallest absolute Gasteiger partial charge is 0.157 e. The lowest BCUT2D eigenvalue weighted by Gasteiger charge is -2.55. The fourth-order valence-electron chi connectivity index (χ4n) is 8.40. The predicted octanol–water partition coefficient (Wildman–Crippen LogP) is 6.34. The molecule has 184 valence electrons. The Bertz CT molecular complexity index is 844. The molecule has 0 saturated heterocycles. The summed E-state index contributed by atoms with van der Waals surface area (Å²) >= 11 is 0. The highest BCUT2D eigenvalue weighted by Gasteiger charge is 2.57. The Balaban J connectivity index is 1.48. The number of anilines is 2. The van der Waals surface area contributed by atoms with Crippen LogP contribution in [0.25, 0.3) is 0 Å². The van der Waals surface area contributed by atoms with E-state index in [0.717, 1.165) is 42.9 Å². The molecule has 3 fully saturated rings. The summed E-state index contributed by atoms with van der Waals surface area (Å²) in [6, 6.07) is 4.14. The first-order valence-corrected chi connectivity index (χ1v) is 13.4. The van der Waals surface area contributed by atoms with Gasteiger partial charge in [-0.3, -0.25) is 4.79 Å². The molecule has 3 saturated carbocycles. The molecule has 0 radical (unpaired) electrons. The van der Waals surface area contributed by atoms with E-state index in [0.29, 0.717) is 17.3 Å². The Morgan fingerprint density at radius 1 is 1.09 bits per heavy atom. The van der Waals surface area contributed by atoms with Crippen molar-refractivity contribution in [2.45, 2.75) is 85.0 Å². The highest BCUT2D eigenvalue weighted by Crippen LogP contribution is 2.63. The minimum Gasteiger partial charge on any atom is -0.397 e. The first-order valence-electron chi connectivity index (χ1n) is 13.4. The summed E-state index contributed by atoms with van der Waals surface area (Å²) < 4.78 is 13.7. The third-order valence-electron chi connectivity index (χ3n) is 9.82. The zero-order valence-electron chi connectivity index (χ0n) is 20.9. The number of rotatable bonds is 8. The van der Waals surface area contributed by atoms with Gasteiger partial charge in [-0.15, -0.1) is 0 Å². The van der Waals surface area contributed by atoms with Gasteiger partial charge in [-0.05, 0) is 85.7 Å². The number of carbonyl (C=O) groups is 1. The monoisotopic (exact) mass is 457 g/mol. The van der Waals surface area contributed by atoms with E-state index in [2.05, 4.69) is 20.8 Å². The molecule has 4 rings (SSSR count). The maximum Gasteiger partial charge on any atom is 0.157 e. The highest BCUT2D eigenvalue weighted by atomic mass is 19.1. The van der Waals surface area contributed by atoms with Crippen molar-refractivity contribution >= 4 is 17.2 Å². The summed E-state index contributed by atoms with van der Waals surface area (Å²) in [4.78, 5) is 13.5. The molecule has 7 unspecified atom stereocenters. The molecule has 1 aromatic carbocycles. The van der Waals surface area contributed by atoms with Crippen LogP contribution >= 0.6 is 0 Å². The number of nitrogens with two attached hydrogens (primary N) is 2. The summed E-state index contributed by atoms with van der Waals surface area (Å²) in [5.41, 5.74) is 6.85. The zero-order valence-corrected chi connectivity index (χ0v) is 20.9. The van der Waals surface area contributed by atoms with Gasteiger partial charge in [-0.1, -0.05) is 46.5 Å². The van der Waals surface area contributed by atoms with Crippen molar-refractivity contribution in [3.8, 4) is 0 Å². The lowest BCUT2D eigenvalue weighted by Crippen LogP contribution is -2.49. The molecule has 1 aromatic rings. The highest BCUT2D eigenvalue weighted by molar-refractivity contribution is 5.87. The molecule has 0 aliphatic heterocycles. The second-order valence-corrected chi connectivity index (χ2v) is 11.5. The van der Waals surface area contributed by atoms with Gasteiger partial charge in [0.15, 0.2) is 5.78 Å². The average molecular weight is 458 g/mol. The van der Waals surface area contributed by atoms with Gasteiger partial charge in [-0.2, -0.15) is 0 Å². The van der Waals surface area contributed by atoms with Crippen LogP contribution in [0, 0.1) is 46.7 Å². The Morgan fingerprint density at radius 3 is 2.58 bits per heavy atom. The average Bonchev–Trinajstić information content (AvgIpc) is 3.14. The van der Waals surface area contributed by atoms with E-state index in [4.69, 9.17) is 11.6 Å². The maximum atomic E-state index is 13.7. The first-order chi connectivity index (χ1) is 15.8. The lowest BCUT2D eigenvalue weighted by atomic mass is 9.50. The number of halogens is 1. The van der Waals surface area contributed by atoms with Crippen molar-refractivity contribution in [2.24, 2.45) is 46.8 Å². The molecule has 0 spiro atoms. The van der Waals surface area contributed by atoms with Crippen molar-refractivity contribution in [1.29, 1.82) is 0 Å². The van der Waals surface area contributed by atoms with E-state index in [9.17, 15) is 9.18 Å². The normalized spacial score (nSPS) is 35.7. The summed E-state index contributed by atoms with van der Waals surface area (Å²) in [5.74, 6) is 10.1. The third-order valence-corrected chi connectivity index (χ3v) is 9.82. The van der Waals surface area contributed by atoms with Crippen LogP contribution in [-0.2, 0) is 4.79 Å².